The van der Waals surface area contributed by atoms with Crippen molar-refractivity contribution in [2.24, 2.45) is 0 Å². The van der Waals surface area contributed by atoms with Crippen LogP contribution in [-0.4, -0.2) is 5.97 Å². The van der Waals surface area contributed by atoms with Crippen molar-refractivity contribution in [1.82, 2.24) is 0 Å². The van der Waals surface area contributed by atoms with E-state index in [4.69, 9.17) is 4.74 Å². The summed E-state index contributed by atoms with van der Waals surface area (Å²) in [5, 5.41) is 0. The summed E-state index contributed by atoms with van der Waals surface area (Å²) >= 11 is 0. The largest absolute Gasteiger partial charge is 0.426 e. The molecule has 0 saturated carbocycles. The first-order chi connectivity index (χ1) is 6.68. The highest BCUT2D eigenvalue weighted by atomic mass is 16.5. The van der Waals surface area contributed by atoms with Crippen molar-refractivity contribution in [3.63, 3.8) is 0 Å². The number of ether oxygens (including phenoxy) is 1. The molecule has 72 valence electrons. The Balaban J connectivity index is 2.53. The minimum absolute atomic E-state index is 0.182. The van der Waals surface area contributed by atoms with Gasteiger partial charge in [0.2, 0.25) is 0 Å². The first kappa shape index (κ1) is 9.00. The second kappa shape index (κ2) is 2.98. The number of carbonyl (C=O) groups excluding carboxylic acids is 1. The molecule has 0 bridgehead atoms. The van der Waals surface area contributed by atoms with E-state index in [1.165, 1.54) is 0 Å². The average molecular weight is 188 g/mol. The van der Waals surface area contributed by atoms with Gasteiger partial charge in [0.1, 0.15) is 5.75 Å². The van der Waals surface area contributed by atoms with Gasteiger partial charge in [-0.15, -0.1) is 6.58 Å². The number of benzene rings is 1. The molecule has 14 heavy (non-hydrogen) atoms. The van der Waals surface area contributed by atoms with Crippen molar-refractivity contribution in [1.29, 1.82) is 0 Å². The van der Waals surface area contributed by atoms with Crippen molar-refractivity contribution in [3.8, 4) is 5.75 Å². The fourth-order valence-corrected chi connectivity index (χ4v) is 1.82. The van der Waals surface area contributed by atoms with E-state index in [-0.39, 0.29) is 5.97 Å². The van der Waals surface area contributed by atoms with Crippen molar-refractivity contribution in [2.75, 3.05) is 0 Å². The first-order valence-electron chi connectivity index (χ1n) is 4.61. The number of fused-ring (bicyclic) bond motifs is 1. The Morgan fingerprint density at radius 1 is 1.50 bits per heavy atom. The van der Waals surface area contributed by atoms with Gasteiger partial charge in [0, 0.05) is 5.56 Å². The molecular weight excluding hydrogens is 176 g/mol. The second-order valence-corrected chi connectivity index (χ2v) is 3.71. The second-order valence-electron chi connectivity index (χ2n) is 3.71. The smallest absolute Gasteiger partial charge is 0.322 e. The molecule has 1 aromatic carbocycles. The lowest BCUT2D eigenvalue weighted by atomic mass is 9.81. The van der Waals surface area contributed by atoms with Crippen LogP contribution in [0.1, 0.15) is 18.9 Å². The van der Waals surface area contributed by atoms with Gasteiger partial charge in [0.15, 0.2) is 0 Å². The summed E-state index contributed by atoms with van der Waals surface area (Å²) < 4.78 is 5.19. The summed E-state index contributed by atoms with van der Waals surface area (Å²) in [6.07, 6.45) is 2.37. The summed E-state index contributed by atoms with van der Waals surface area (Å²) in [5.41, 5.74) is 0.420. The maximum atomic E-state index is 11.7. The van der Waals surface area contributed by atoms with Crippen LogP contribution in [0.3, 0.4) is 0 Å². The van der Waals surface area contributed by atoms with E-state index in [0.717, 1.165) is 5.56 Å². The molecule has 0 aliphatic carbocycles. The molecule has 0 spiro atoms. The summed E-state index contributed by atoms with van der Waals surface area (Å²) in [6, 6.07) is 7.54. The first-order valence-corrected chi connectivity index (χ1v) is 4.61. The predicted octanol–water partition coefficient (Wildman–Crippen LogP) is 2.44. The summed E-state index contributed by atoms with van der Waals surface area (Å²) in [5.74, 6) is 0.500. The number of carbonyl (C=O) groups is 1. The fraction of sp³-hybridized carbons (Fsp3) is 0.250. The average Bonchev–Trinajstić information content (AvgIpc) is 2.41. The van der Waals surface area contributed by atoms with Crippen LogP contribution in [0.5, 0.6) is 5.75 Å². The molecule has 1 heterocycles. The number of allylic oxidation sites excluding steroid dienone is 1. The van der Waals surface area contributed by atoms with Gasteiger partial charge in [-0.05, 0) is 19.4 Å². The molecule has 0 N–H and O–H groups in total. The third-order valence-corrected chi connectivity index (χ3v) is 2.69. The molecule has 0 unspecified atom stereocenters. The lowest BCUT2D eigenvalue weighted by molar-refractivity contribution is -0.137. The van der Waals surface area contributed by atoms with Gasteiger partial charge in [-0.3, -0.25) is 4.79 Å². The van der Waals surface area contributed by atoms with Gasteiger partial charge >= 0.3 is 5.97 Å². The maximum Gasteiger partial charge on any atom is 0.322 e. The van der Waals surface area contributed by atoms with Crippen LogP contribution >= 0.6 is 0 Å². The van der Waals surface area contributed by atoms with Crippen LogP contribution in [0.25, 0.3) is 0 Å². The zero-order valence-electron chi connectivity index (χ0n) is 8.12. The van der Waals surface area contributed by atoms with Gasteiger partial charge < -0.3 is 4.74 Å². The van der Waals surface area contributed by atoms with Crippen molar-refractivity contribution < 1.29 is 9.53 Å². The zero-order chi connectivity index (χ0) is 10.2. The number of hydrogen-bond donors (Lipinski definition) is 0. The van der Waals surface area contributed by atoms with Crippen LogP contribution < -0.4 is 4.74 Å². The molecule has 1 aromatic rings. The van der Waals surface area contributed by atoms with E-state index in [2.05, 4.69) is 6.58 Å². The molecule has 0 fully saturated rings. The zero-order valence-corrected chi connectivity index (χ0v) is 8.12. The normalized spacial score (nSPS) is 24.2. The van der Waals surface area contributed by atoms with E-state index in [9.17, 15) is 4.79 Å². The fourth-order valence-electron chi connectivity index (χ4n) is 1.82. The van der Waals surface area contributed by atoms with Gasteiger partial charge in [-0.25, -0.2) is 0 Å². The summed E-state index contributed by atoms with van der Waals surface area (Å²) in [6.45, 7) is 5.56. The Morgan fingerprint density at radius 3 is 2.93 bits per heavy atom. The molecule has 2 rings (SSSR count). The van der Waals surface area contributed by atoms with E-state index in [1.54, 1.807) is 6.08 Å². The lowest BCUT2D eigenvalue weighted by Gasteiger charge is -2.17. The molecule has 1 aliphatic rings. The summed E-state index contributed by atoms with van der Waals surface area (Å²) in [7, 11) is 0. The molecule has 1 atom stereocenters. The SMILES string of the molecule is C=CC[C@@]1(C)C(=O)Oc2ccccc21. The number of rotatable bonds is 2. The highest BCUT2D eigenvalue weighted by molar-refractivity contribution is 5.90. The highest BCUT2D eigenvalue weighted by Crippen LogP contribution is 2.41. The van der Waals surface area contributed by atoms with Crippen LogP contribution in [0.2, 0.25) is 0 Å². The number of hydrogen-bond acceptors (Lipinski definition) is 2. The van der Waals surface area contributed by atoms with Gasteiger partial charge in [-0.2, -0.15) is 0 Å². The minimum Gasteiger partial charge on any atom is -0.426 e. The van der Waals surface area contributed by atoms with E-state index >= 15 is 0 Å². The van der Waals surface area contributed by atoms with Gasteiger partial charge in [0.25, 0.3) is 0 Å². The maximum absolute atomic E-state index is 11.7. The quantitative estimate of drug-likeness (QED) is 0.405. The molecule has 0 radical (unpaired) electrons. The topological polar surface area (TPSA) is 26.3 Å². The third-order valence-electron chi connectivity index (χ3n) is 2.69. The number of para-hydroxylation sites is 1. The third kappa shape index (κ3) is 1.07. The van der Waals surface area contributed by atoms with Crippen LogP contribution in [0.15, 0.2) is 36.9 Å². The Labute approximate surface area is 83.2 Å². The Morgan fingerprint density at radius 2 is 2.21 bits per heavy atom. The molecule has 2 nitrogen and oxygen atoms in total. The molecule has 0 saturated heterocycles. The molecular formula is C12H12O2. The van der Waals surface area contributed by atoms with Crippen LogP contribution in [-0.2, 0) is 10.2 Å². The standard InChI is InChI=1S/C12H12O2/c1-3-8-12(2)9-6-4-5-7-10(9)14-11(12)13/h3-7H,1,8H2,2H3/t12-/m1/s1. The Hall–Kier alpha value is -1.57. The van der Waals surface area contributed by atoms with E-state index in [1.807, 2.05) is 31.2 Å². The van der Waals surface area contributed by atoms with Gasteiger partial charge in [0.05, 0.1) is 5.41 Å². The number of esters is 1. The predicted molar refractivity (Wildman–Crippen MR) is 54.2 cm³/mol. The monoisotopic (exact) mass is 188 g/mol. The van der Waals surface area contributed by atoms with Crippen molar-refractivity contribution in [2.45, 2.75) is 18.8 Å². The van der Waals surface area contributed by atoms with Crippen molar-refractivity contribution in [3.05, 3.63) is 42.5 Å². The molecule has 1 aliphatic heterocycles. The van der Waals surface area contributed by atoms with E-state index in [0.29, 0.717) is 12.2 Å². The Kier molecular flexibility index (Phi) is 1.92. The lowest BCUT2D eigenvalue weighted by Crippen LogP contribution is -2.29. The van der Waals surface area contributed by atoms with Crippen LogP contribution in [0, 0.1) is 0 Å². The van der Waals surface area contributed by atoms with Crippen LogP contribution in [0.4, 0.5) is 0 Å². The van der Waals surface area contributed by atoms with Crippen molar-refractivity contribution >= 4 is 5.97 Å². The van der Waals surface area contributed by atoms with E-state index < -0.39 is 5.41 Å². The molecule has 0 aromatic heterocycles. The molecule has 2 heteroatoms. The minimum atomic E-state index is -0.543. The highest BCUT2D eigenvalue weighted by Gasteiger charge is 2.43. The van der Waals surface area contributed by atoms with Gasteiger partial charge in [-0.1, -0.05) is 24.3 Å². The molecule has 0 amide bonds. The summed E-state index contributed by atoms with van der Waals surface area (Å²) in [4.78, 5) is 11.7. The Bertz CT molecular complexity index is 395.